The first-order valence-electron chi connectivity index (χ1n) is 11.3. The summed E-state index contributed by atoms with van der Waals surface area (Å²) in [6, 6.07) is 4.42. The topological polar surface area (TPSA) is 141 Å². The zero-order valence-corrected chi connectivity index (χ0v) is 19.2. The number of phenols is 1. The molecule has 1 N–H and O–H groups in total. The third-order valence-corrected chi connectivity index (χ3v) is 5.58. The number of unbranched alkanes of at least 4 members (excludes halogenated alkanes) is 1. The molecule has 11 heteroatoms. The van der Waals surface area contributed by atoms with Crippen LogP contribution in [-0.4, -0.2) is 72.2 Å². The van der Waals surface area contributed by atoms with Gasteiger partial charge >= 0.3 is 5.97 Å². The Kier molecular flexibility index (Phi) is 8.97. The van der Waals surface area contributed by atoms with E-state index in [1.165, 1.54) is 18.2 Å². The summed E-state index contributed by atoms with van der Waals surface area (Å²) in [6.45, 7) is 4.02. The Morgan fingerprint density at radius 3 is 2.68 bits per heavy atom. The Hall–Kier alpha value is -3.47. The van der Waals surface area contributed by atoms with Crippen LogP contribution < -0.4 is 0 Å². The molecular formula is C23H29N3O8. The number of Topliss-reactive ketones (excluding diaryl/α,β-unsaturated/α-hetero) is 2. The predicted octanol–water partition coefficient (Wildman–Crippen LogP) is 2.72. The highest BCUT2D eigenvalue weighted by Gasteiger charge is 2.31. The lowest BCUT2D eigenvalue weighted by molar-refractivity contribution is -0.798. The van der Waals surface area contributed by atoms with E-state index < -0.39 is 5.97 Å². The van der Waals surface area contributed by atoms with Crippen molar-refractivity contribution in [2.24, 2.45) is 5.22 Å². The molecule has 11 nitrogen and oxygen atoms in total. The quantitative estimate of drug-likeness (QED) is 0.221. The van der Waals surface area contributed by atoms with Crippen LogP contribution in [0.4, 0.5) is 0 Å². The van der Waals surface area contributed by atoms with E-state index in [9.17, 15) is 24.7 Å². The number of benzene rings is 1. The van der Waals surface area contributed by atoms with E-state index in [1.807, 2.05) is 0 Å². The molecule has 1 heterocycles. The number of hydrogen-bond acceptors (Lipinski definition) is 9. The second kappa shape index (κ2) is 12.1. The molecule has 0 bridgehead atoms. The maximum Gasteiger partial charge on any atom is 0.305 e. The summed E-state index contributed by atoms with van der Waals surface area (Å²) < 4.78 is 10.3. The maximum absolute atomic E-state index is 12.8. The number of allylic oxidation sites excluding steroid dienone is 2. The van der Waals surface area contributed by atoms with E-state index in [2.05, 4.69) is 5.22 Å². The average molecular weight is 475 g/mol. The van der Waals surface area contributed by atoms with Crippen molar-refractivity contribution in [2.75, 3.05) is 39.5 Å². The lowest BCUT2D eigenvalue weighted by Crippen LogP contribution is -2.33. The summed E-state index contributed by atoms with van der Waals surface area (Å²) in [5, 5.41) is 27.1. The first-order chi connectivity index (χ1) is 16.4. The number of nitrogens with zero attached hydrogens (tertiary/aromatic N) is 3. The molecule has 1 fully saturated rings. The fourth-order valence-corrected chi connectivity index (χ4v) is 3.72. The van der Waals surface area contributed by atoms with Gasteiger partial charge in [0.15, 0.2) is 11.6 Å². The van der Waals surface area contributed by atoms with Crippen LogP contribution in [0.3, 0.4) is 0 Å². The molecule has 1 aromatic rings. The first-order valence-corrected chi connectivity index (χ1v) is 11.3. The van der Waals surface area contributed by atoms with Crippen molar-refractivity contribution in [3.05, 3.63) is 45.7 Å². The summed E-state index contributed by atoms with van der Waals surface area (Å²) in [5.74, 6) is -1.31. The number of ketones is 2. The molecule has 0 radical (unpaired) electrons. The molecule has 1 aromatic carbocycles. The molecule has 0 spiro atoms. The summed E-state index contributed by atoms with van der Waals surface area (Å²) in [4.78, 5) is 42.2. The molecule has 2 aliphatic rings. The number of esters is 1. The fourth-order valence-electron chi connectivity index (χ4n) is 3.72. The van der Waals surface area contributed by atoms with E-state index in [4.69, 9.17) is 14.3 Å². The number of carbonyl (C=O) groups is 3. The van der Waals surface area contributed by atoms with E-state index in [-0.39, 0.29) is 59.5 Å². The van der Waals surface area contributed by atoms with Gasteiger partial charge in [0.2, 0.25) is 0 Å². The molecule has 0 aromatic heterocycles. The van der Waals surface area contributed by atoms with Crippen LogP contribution in [0.2, 0.25) is 0 Å². The van der Waals surface area contributed by atoms with Crippen LogP contribution in [0.1, 0.15) is 59.7 Å². The summed E-state index contributed by atoms with van der Waals surface area (Å²) >= 11 is 0. The number of rotatable bonds is 11. The molecule has 34 heavy (non-hydrogen) atoms. The van der Waals surface area contributed by atoms with Gasteiger partial charge in [0.05, 0.1) is 30.4 Å². The third kappa shape index (κ3) is 6.53. The Balaban J connectivity index is 1.32. The van der Waals surface area contributed by atoms with Crippen LogP contribution in [0, 0.1) is 5.21 Å². The van der Waals surface area contributed by atoms with Gasteiger partial charge in [-0.2, -0.15) is 5.01 Å². The van der Waals surface area contributed by atoms with Crippen molar-refractivity contribution < 1.29 is 38.8 Å². The monoisotopic (exact) mass is 475 g/mol. The molecule has 0 amide bonds. The van der Waals surface area contributed by atoms with Crippen molar-refractivity contribution in [1.82, 2.24) is 5.01 Å². The van der Waals surface area contributed by atoms with Crippen LogP contribution >= 0.6 is 0 Å². The third-order valence-electron chi connectivity index (χ3n) is 5.58. The molecular weight excluding hydrogens is 446 g/mol. The number of fused-ring (bicyclic) bond motifs is 1. The highest BCUT2D eigenvalue weighted by molar-refractivity contribution is 6.27. The lowest BCUT2D eigenvalue weighted by atomic mass is 9.82. The molecule has 3 rings (SSSR count). The number of aromatic hydroxyl groups is 1. The molecule has 184 valence electrons. The standard InChI is InChI=1S/C23H29N3O8/c1-16-17(23(30)21-18(22(16)29)7-4-8-19(21)27)6-5-9-20(28)33-12-2-3-13-34-26(31)24-25-10-14-32-15-11-25/h4,7-8,27H,2-3,5-6,9-15H2,1H3/b26-24+. The number of ether oxygens (including phenoxy) is 2. The molecule has 0 atom stereocenters. The van der Waals surface area contributed by atoms with Gasteiger partial charge in [-0.3, -0.25) is 14.4 Å². The first kappa shape index (κ1) is 25.2. The van der Waals surface area contributed by atoms with Crippen LogP contribution in [0.25, 0.3) is 0 Å². The zero-order valence-electron chi connectivity index (χ0n) is 19.2. The molecule has 0 saturated carbocycles. The Bertz CT molecular complexity index is 982. The number of phenolic OH excluding ortho intramolecular Hbond substituents is 1. The van der Waals surface area contributed by atoms with E-state index in [0.29, 0.717) is 56.7 Å². The van der Waals surface area contributed by atoms with Gasteiger partial charge in [0.25, 0.3) is 0 Å². The Labute approximate surface area is 197 Å². The van der Waals surface area contributed by atoms with Crippen LogP contribution in [0.15, 0.2) is 34.6 Å². The maximum atomic E-state index is 12.8. The summed E-state index contributed by atoms with van der Waals surface area (Å²) in [7, 11) is 0. The van der Waals surface area contributed by atoms with Crippen molar-refractivity contribution in [3.63, 3.8) is 0 Å². The average Bonchev–Trinajstić information content (AvgIpc) is 2.82. The van der Waals surface area contributed by atoms with Gasteiger partial charge in [-0.25, -0.2) is 0 Å². The minimum atomic E-state index is -0.412. The van der Waals surface area contributed by atoms with Crippen LogP contribution in [0.5, 0.6) is 5.75 Å². The number of carbonyl (C=O) groups excluding carboxylic acids is 3. The van der Waals surface area contributed by atoms with Gasteiger partial charge in [-0.15, -0.1) is 0 Å². The number of hydrogen-bond donors (Lipinski definition) is 1. The summed E-state index contributed by atoms with van der Waals surface area (Å²) in [5.41, 5.74) is 0.870. The smallest absolute Gasteiger partial charge is 0.305 e. The van der Waals surface area contributed by atoms with E-state index in [0.717, 1.165) is 0 Å². The minimum Gasteiger partial charge on any atom is -0.507 e. The van der Waals surface area contributed by atoms with Crippen molar-refractivity contribution in [1.29, 1.82) is 0 Å². The highest BCUT2D eigenvalue weighted by atomic mass is 16.9. The van der Waals surface area contributed by atoms with Crippen molar-refractivity contribution >= 4 is 17.5 Å². The molecule has 1 aliphatic heterocycles. The van der Waals surface area contributed by atoms with Gasteiger partial charge in [-0.1, -0.05) is 12.1 Å². The van der Waals surface area contributed by atoms with E-state index in [1.54, 1.807) is 11.9 Å². The van der Waals surface area contributed by atoms with Crippen molar-refractivity contribution in [2.45, 2.75) is 39.0 Å². The van der Waals surface area contributed by atoms with Crippen molar-refractivity contribution in [3.8, 4) is 5.75 Å². The largest absolute Gasteiger partial charge is 0.507 e. The normalized spacial score (nSPS) is 16.5. The Morgan fingerprint density at radius 1 is 1.18 bits per heavy atom. The number of morpholine rings is 1. The molecule has 1 saturated heterocycles. The second-order valence-corrected chi connectivity index (χ2v) is 7.97. The molecule has 0 unspecified atom stereocenters. The molecule has 1 aliphatic carbocycles. The minimum absolute atomic E-state index is 0.0206. The zero-order chi connectivity index (χ0) is 24.5. The van der Waals surface area contributed by atoms with Gasteiger partial charge in [0, 0.05) is 29.7 Å². The van der Waals surface area contributed by atoms with Gasteiger partial charge in [0.1, 0.15) is 24.1 Å². The second-order valence-electron chi connectivity index (χ2n) is 7.97. The van der Waals surface area contributed by atoms with Gasteiger partial charge in [-0.05, 0) is 38.7 Å². The lowest BCUT2D eigenvalue weighted by Gasteiger charge is -2.19. The van der Waals surface area contributed by atoms with Crippen LogP contribution in [-0.2, 0) is 19.1 Å². The fraction of sp³-hybridized carbons (Fsp3) is 0.522. The summed E-state index contributed by atoms with van der Waals surface area (Å²) in [6.07, 6.45) is 1.69. The van der Waals surface area contributed by atoms with Gasteiger partial charge < -0.3 is 24.6 Å². The predicted molar refractivity (Wildman–Crippen MR) is 118 cm³/mol. The Morgan fingerprint density at radius 2 is 1.91 bits per heavy atom. The van der Waals surface area contributed by atoms with E-state index >= 15 is 0 Å². The highest BCUT2D eigenvalue weighted by Crippen LogP contribution is 2.33. The SMILES string of the molecule is CC1=C(CCCC(=O)OCCCCO/[N+]([O-])=N/N2CCOCC2)C(=O)c2c(O)cccc2C1=O.